The number of hydrogen-bond acceptors (Lipinski definition) is 10. The molecule has 178 valence electrons. The molecule has 12 nitrogen and oxygen atoms in total. The molecule has 2 aromatic rings. The molecule has 1 saturated heterocycles. The van der Waals surface area contributed by atoms with Crippen molar-refractivity contribution in [2.45, 2.75) is 38.4 Å². The number of aliphatic hydroxyl groups is 1. The Kier molecular flexibility index (Phi) is 7.19. The number of aromatic amines is 1. The van der Waals surface area contributed by atoms with Crippen LogP contribution in [0, 0.1) is 6.92 Å². The number of aliphatic hydroxyl groups excluding tert-OH is 1. The van der Waals surface area contributed by atoms with E-state index in [1.165, 1.54) is 20.3 Å². The minimum absolute atomic E-state index is 0.0984. The number of aromatic nitrogens is 2. The van der Waals surface area contributed by atoms with Crippen LogP contribution in [0.2, 0.25) is 0 Å². The largest absolute Gasteiger partial charge is 0.497 e. The molecule has 0 aliphatic carbocycles. The van der Waals surface area contributed by atoms with E-state index in [1.807, 2.05) is 0 Å². The number of hydrogen-bond donors (Lipinski definition) is 2. The van der Waals surface area contributed by atoms with Gasteiger partial charge in [-0.2, -0.15) is 0 Å². The minimum atomic E-state index is -1.29. The summed E-state index contributed by atoms with van der Waals surface area (Å²) in [5.41, 5.74) is -0.877. The number of benzene rings is 1. The van der Waals surface area contributed by atoms with E-state index in [0.29, 0.717) is 11.3 Å². The third-order valence-electron chi connectivity index (χ3n) is 5.07. The van der Waals surface area contributed by atoms with Crippen molar-refractivity contribution in [1.29, 1.82) is 0 Å². The number of H-pyrrole nitrogens is 1. The number of nitrogens with one attached hydrogen (secondary N) is 1. The number of nitrogens with zero attached hydrogens (tertiary/aromatic N) is 1. The lowest BCUT2D eigenvalue weighted by Gasteiger charge is -2.24. The molecule has 0 spiro atoms. The first-order chi connectivity index (χ1) is 15.7. The first kappa shape index (κ1) is 24.0. The van der Waals surface area contributed by atoms with E-state index in [1.54, 1.807) is 13.0 Å². The minimum Gasteiger partial charge on any atom is -0.497 e. The maximum Gasteiger partial charge on any atom is 0.342 e. The molecule has 0 amide bonds. The van der Waals surface area contributed by atoms with Gasteiger partial charge in [0.25, 0.3) is 5.56 Å². The molecule has 1 aliphatic heterocycles. The van der Waals surface area contributed by atoms with Crippen molar-refractivity contribution in [2.24, 2.45) is 0 Å². The van der Waals surface area contributed by atoms with Crippen LogP contribution < -0.4 is 20.7 Å². The van der Waals surface area contributed by atoms with Crippen LogP contribution in [0.4, 0.5) is 0 Å². The van der Waals surface area contributed by atoms with Crippen LogP contribution in [-0.2, 0) is 19.0 Å². The third-order valence-corrected chi connectivity index (χ3v) is 5.07. The first-order valence-corrected chi connectivity index (χ1v) is 9.88. The van der Waals surface area contributed by atoms with E-state index in [-0.39, 0.29) is 11.3 Å². The van der Waals surface area contributed by atoms with Gasteiger partial charge in [-0.1, -0.05) is 0 Å². The summed E-state index contributed by atoms with van der Waals surface area (Å²) >= 11 is 0. The van der Waals surface area contributed by atoms with Crippen LogP contribution >= 0.6 is 0 Å². The number of aryl methyl sites for hydroxylation is 1. The summed E-state index contributed by atoms with van der Waals surface area (Å²) in [4.78, 5) is 50.7. The Morgan fingerprint density at radius 3 is 2.45 bits per heavy atom. The van der Waals surface area contributed by atoms with Crippen molar-refractivity contribution in [3.8, 4) is 11.5 Å². The highest BCUT2D eigenvalue weighted by atomic mass is 16.6. The van der Waals surface area contributed by atoms with Crippen molar-refractivity contribution in [2.75, 3.05) is 20.8 Å². The lowest BCUT2D eigenvalue weighted by Crippen LogP contribution is -2.42. The Bertz CT molecular complexity index is 1150. The molecule has 0 radical (unpaired) electrons. The molecule has 12 heteroatoms. The van der Waals surface area contributed by atoms with Crippen LogP contribution in [0.3, 0.4) is 0 Å². The molecule has 1 aliphatic rings. The zero-order valence-corrected chi connectivity index (χ0v) is 18.4. The number of ether oxygens (including phenoxy) is 5. The second-order valence-corrected chi connectivity index (χ2v) is 7.23. The van der Waals surface area contributed by atoms with E-state index >= 15 is 0 Å². The number of esters is 2. The maximum absolute atomic E-state index is 13.1. The average Bonchev–Trinajstić information content (AvgIpc) is 3.09. The summed E-state index contributed by atoms with van der Waals surface area (Å²) in [7, 11) is 2.84. The van der Waals surface area contributed by atoms with Crippen molar-refractivity contribution >= 4 is 11.9 Å². The van der Waals surface area contributed by atoms with E-state index < -0.39 is 54.3 Å². The molecule has 33 heavy (non-hydrogen) atoms. The van der Waals surface area contributed by atoms with E-state index in [4.69, 9.17) is 23.7 Å². The quantitative estimate of drug-likeness (QED) is 0.531. The molecule has 0 saturated carbocycles. The number of methoxy groups -OCH3 is 2. The van der Waals surface area contributed by atoms with E-state index in [2.05, 4.69) is 4.98 Å². The van der Waals surface area contributed by atoms with Gasteiger partial charge in [0, 0.05) is 25.3 Å². The highest BCUT2D eigenvalue weighted by Gasteiger charge is 2.50. The summed E-state index contributed by atoms with van der Waals surface area (Å²) in [6.07, 6.45) is -3.82. The van der Waals surface area contributed by atoms with Gasteiger partial charge in [-0.3, -0.25) is 19.1 Å². The lowest BCUT2D eigenvalue weighted by molar-refractivity contribution is -0.156. The van der Waals surface area contributed by atoms with Gasteiger partial charge in [0.05, 0.1) is 20.8 Å². The van der Waals surface area contributed by atoms with Gasteiger partial charge in [-0.15, -0.1) is 0 Å². The Morgan fingerprint density at radius 2 is 1.88 bits per heavy atom. The molecule has 1 fully saturated rings. The van der Waals surface area contributed by atoms with Gasteiger partial charge in [-0.25, -0.2) is 9.59 Å². The molecular weight excluding hydrogens is 440 g/mol. The fourth-order valence-corrected chi connectivity index (χ4v) is 3.61. The Hall–Kier alpha value is -3.64. The number of rotatable bonds is 7. The number of carbonyl (C=O) groups excluding carboxylic acids is 2. The lowest BCUT2D eigenvalue weighted by atomic mass is 10.1. The Balaban J connectivity index is 1.99. The molecule has 1 aromatic heterocycles. The topological polar surface area (TPSA) is 155 Å². The van der Waals surface area contributed by atoms with Crippen molar-refractivity contribution < 1.29 is 38.4 Å². The molecule has 1 aromatic carbocycles. The molecule has 2 heterocycles. The number of carbonyl (C=O) groups is 2. The van der Waals surface area contributed by atoms with Gasteiger partial charge in [-0.05, 0) is 18.6 Å². The first-order valence-electron chi connectivity index (χ1n) is 9.88. The summed E-state index contributed by atoms with van der Waals surface area (Å²) in [5, 5.41) is 9.83. The van der Waals surface area contributed by atoms with Crippen LogP contribution in [0.1, 0.15) is 29.1 Å². The molecule has 3 rings (SSSR count). The summed E-state index contributed by atoms with van der Waals surface area (Å²) in [5.74, 6) is -0.906. The zero-order chi connectivity index (χ0) is 24.3. The smallest absolute Gasteiger partial charge is 0.342 e. The van der Waals surface area contributed by atoms with Crippen molar-refractivity contribution in [3.63, 3.8) is 0 Å². The predicted octanol–water partition coefficient (Wildman–Crippen LogP) is -0.0908. The average molecular weight is 464 g/mol. The van der Waals surface area contributed by atoms with Crippen LogP contribution in [-0.4, -0.2) is 65.7 Å². The van der Waals surface area contributed by atoms with Crippen molar-refractivity contribution in [3.05, 3.63) is 56.4 Å². The monoisotopic (exact) mass is 464 g/mol. The molecule has 2 N–H and O–H groups in total. The van der Waals surface area contributed by atoms with Crippen LogP contribution in [0.15, 0.2) is 34.0 Å². The van der Waals surface area contributed by atoms with E-state index in [0.717, 1.165) is 23.8 Å². The fourth-order valence-electron chi connectivity index (χ4n) is 3.61. The standard InChI is InChI=1S/C21H24N2O10/c1-10-7-12(29-3)8-13(30-4)16(10)20(27)33-17-14(9-24)32-19(18(17)31-11(2)25)23-6-5-15(26)22-21(23)28/h5-8,14,17-19,24H,9H2,1-4H3,(H,22,26,28)/t14-,17-,18-,19-/m0/s1. The molecule has 0 unspecified atom stereocenters. The van der Waals surface area contributed by atoms with Gasteiger partial charge in [0.2, 0.25) is 0 Å². The highest BCUT2D eigenvalue weighted by molar-refractivity contribution is 5.94. The van der Waals surface area contributed by atoms with Crippen LogP contribution in [0.5, 0.6) is 11.5 Å². The molecule has 4 atom stereocenters. The van der Waals surface area contributed by atoms with Gasteiger partial charge >= 0.3 is 17.6 Å². The molecular formula is C21H24N2O10. The second-order valence-electron chi connectivity index (χ2n) is 7.23. The van der Waals surface area contributed by atoms with Crippen molar-refractivity contribution in [1.82, 2.24) is 9.55 Å². The normalized spacial score (nSPS) is 22.0. The van der Waals surface area contributed by atoms with Gasteiger partial charge in [0.1, 0.15) is 23.2 Å². The van der Waals surface area contributed by atoms with Crippen LogP contribution in [0.25, 0.3) is 0 Å². The SMILES string of the molecule is COc1cc(C)c(C(=O)O[C@@H]2[C@H](OC(C)=O)[C@@H](n3ccc(=O)[nH]c3=O)O[C@H]2CO)c(OC)c1. The highest BCUT2D eigenvalue weighted by Crippen LogP contribution is 2.35. The Morgan fingerprint density at radius 1 is 1.15 bits per heavy atom. The third kappa shape index (κ3) is 4.91. The summed E-state index contributed by atoms with van der Waals surface area (Å²) in [6.45, 7) is 2.18. The summed E-state index contributed by atoms with van der Waals surface area (Å²) < 4.78 is 28.1. The summed E-state index contributed by atoms with van der Waals surface area (Å²) in [6, 6.07) is 4.19. The van der Waals surface area contributed by atoms with Gasteiger partial charge in [0.15, 0.2) is 18.4 Å². The zero-order valence-electron chi connectivity index (χ0n) is 18.4. The Labute approximate surface area is 187 Å². The second kappa shape index (κ2) is 9.88. The molecule has 0 bridgehead atoms. The predicted molar refractivity (Wildman–Crippen MR) is 111 cm³/mol. The van der Waals surface area contributed by atoms with Gasteiger partial charge < -0.3 is 28.8 Å². The maximum atomic E-state index is 13.1. The van der Waals surface area contributed by atoms with E-state index in [9.17, 15) is 24.3 Å². The fraction of sp³-hybridized carbons (Fsp3) is 0.429.